The van der Waals surface area contributed by atoms with E-state index in [1.54, 1.807) is 4.90 Å². The summed E-state index contributed by atoms with van der Waals surface area (Å²) in [5, 5.41) is 9.87. The van der Waals surface area contributed by atoms with Gasteiger partial charge in [0.15, 0.2) is 0 Å². The molecule has 0 aromatic carbocycles. The standard InChI is InChI=1S/C17H27N3O2/c1-5-6-7-19-17(18)15-10-14(21)11-20(15)16(22)9-13(4)8-12(2)3/h5-6,8,14-15,21H,2,7,9-11H2,1,3-4H3,(H2,18,19). The van der Waals surface area contributed by atoms with Crippen LogP contribution in [0.25, 0.3) is 0 Å². The van der Waals surface area contributed by atoms with E-state index in [4.69, 9.17) is 5.73 Å². The Morgan fingerprint density at radius 3 is 2.77 bits per heavy atom. The highest BCUT2D eigenvalue weighted by Gasteiger charge is 2.36. The molecule has 0 spiro atoms. The second-order valence-corrected chi connectivity index (χ2v) is 5.80. The lowest BCUT2D eigenvalue weighted by Gasteiger charge is -2.24. The van der Waals surface area contributed by atoms with Crippen molar-refractivity contribution in [3.8, 4) is 0 Å². The van der Waals surface area contributed by atoms with E-state index in [1.807, 2.05) is 39.0 Å². The van der Waals surface area contributed by atoms with Crippen molar-refractivity contribution in [1.29, 1.82) is 0 Å². The topological polar surface area (TPSA) is 78.9 Å². The molecule has 0 aromatic heterocycles. The van der Waals surface area contributed by atoms with Gasteiger partial charge in [0.2, 0.25) is 5.91 Å². The third kappa shape index (κ3) is 5.48. The second kappa shape index (κ2) is 8.54. The molecule has 0 aromatic rings. The number of amides is 1. The van der Waals surface area contributed by atoms with Crippen molar-refractivity contribution in [2.75, 3.05) is 13.1 Å². The molecule has 5 heteroatoms. The number of aliphatic hydroxyl groups is 1. The lowest BCUT2D eigenvalue weighted by Crippen LogP contribution is -2.44. The van der Waals surface area contributed by atoms with Crippen molar-refractivity contribution < 1.29 is 9.90 Å². The molecule has 5 nitrogen and oxygen atoms in total. The molecule has 1 aliphatic heterocycles. The Bertz CT molecular complexity index is 506. The minimum absolute atomic E-state index is 0.0410. The van der Waals surface area contributed by atoms with Gasteiger partial charge in [0.05, 0.1) is 18.7 Å². The molecule has 0 radical (unpaired) electrons. The molecule has 0 saturated carbocycles. The van der Waals surface area contributed by atoms with Gasteiger partial charge in [-0.1, -0.05) is 36.0 Å². The maximum absolute atomic E-state index is 12.4. The number of aliphatic imine (C=N–C) groups is 1. The molecular formula is C17H27N3O2. The van der Waals surface area contributed by atoms with E-state index in [9.17, 15) is 9.90 Å². The van der Waals surface area contributed by atoms with E-state index in [1.165, 1.54) is 0 Å². The maximum Gasteiger partial charge on any atom is 0.227 e. The van der Waals surface area contributed by atoms with Crippen LogP contribution in [0, 0.1) is 0 Å². The van der Waals surface area contributed by atoms with Gasteiger partial charge < -0.3 is 15.7 Å². The molecule has 1 rings (SSSR count). The van der Waals surface area contributed by atoms with E-state index in [0.717, 1.165) is 11.1 Å². The Labute approximate surface area is 132 Å². The van der Waals surface area contributed by atoms with Gasteiger partial charge in [0.25, 0.3) is 0 Å². The highest BCUT2D eigenvalue weighted by molar-refractivity contribution is 5.91. The molecule has 1 heterocycles. The monoisotopic (exact) mass is 305 g/mol. The summed E-state index contributed by atoms with van der Waals surface area (Å²) in [5.41, 5.74) is 7.86. The Morgan fingerprint density at radius 2 is 2.18 bits per heavy atom. The number of β-amino-alcohol motifs (C(OH)–C–C–N with tert-alkyl or cyclic N) is 1. The SMILES string of the molecule is C=C(C)C=C(C)CC(=O)N1CC(O)CC1C(N)=NCC=CC. The number of nitrogens with zero attached hydrogens (tertiary/aromatic N) is 2. The summed E-state index contributed by atoms with van der Waals surface area (Å²) in [6, 6.07) is -0.314. The zero-order chi connectivity index (χ0) is 16.7. The van der Waals surface area contributed by atoms with Gasteiger partial charge >= 0.3 is 0 Å². The van der Waals surface area contributed by atoms with Gasteiger partial charge in [0.1, 0.15) is 5.84 Å². The van der Waals surface area contributed by atoms with Gasteiger partial charge in [-0.05, 0) is 20.8 Å². The lowest BCUT2D eigenvalue weighted by atomic mass is 10.1. The van der Waals surface area contributed by atoms with Crippen LogP contribution in [0.3, 0.4) is 0 Å². The maximum atomic E-state index is 12.4. The normalized spacial score (nSPS) is 23.4. The molecule has 1 aliphatic rings. The Morgan fingerprint density at radius 1 is 1.50 bits per heavy atom. The minimum Gasteiger partial charge on any atom is -0.391 e. The molecule has 22 heavy (non-hydrogen) atoms. The summed E-state index contributed by atoms with van der Waals surface area (Å²) < 4.78 is 0. The molecule has 1 fully saturated rings. The number of hydrogen-bond donors (Lipinski definition) is 2. The van der Waals surface area contributed by atoms with E-state index in [0.29, 0.717) is 31.8 Å². The summed E-state index contributed by atoms with van der Waals surface area (Å²) in [4.78, 5) is 18.3. The number of hydrogen-bond acceptors (Lipinski definition) is 3. The quantitative estimate of drug-likeness (QED) is 0.340. The predicted molar refractivity (Wildman–Crippen MR) is 90.6 cm³/mol. The molecule has 0 aliphatic carbocycles. The highest BCUT2D eigenvalue weighted by atomic mass is 16.3. The molecular weight excluding hydrogens is 278 g/mol. The van der Waals surface area contributed by atoms with Crippen molar-refractivity contribution >= 4 is 11.7 Å². The third-order valence-electron chi connectivity index (χ3n) is 3.48. The van der Waals surface area contributed by atoms with E-state index in [-0.39, 0.29) is 11.9 Å². The zero-order valence-corrected chi connectivity index (χ0v) is 13.7. The average Bonchev–Trinajstić information content (AvgIpc) is 2.80. The molecule has 2 unspecified atom stereocenters. The van der Waals surface area contributed by atoms with Gasteiger partial charge in [-0.25, -0.2) is 0 Å². The Balaban J connectivity index is 2.79. The number of nitrogens with two attached hydrogens (primary N) is 1. The molecule has 1 amide bonds. The third-order valence-corrected chi connectivity index (χ3v) is 3.48. The first-order chi connectivity index (χ1) is 10.3. The van der Waals surface area contributed by atoms with Gasteiger partial charge in [-0.2, -0.15) is 0 Å². The van der Waals surface area contributed by atoms with Crippen LogP contribution in [0.4, 0.5) is 0 Å². The van der Waals surface area contributed by atoms with Crippen LogP contribution < -0.4 is 5.73 Å². The van der Waals surface area contributed by atoms with Crippen LogP contribution in [0.15, 0.2) is 40.9 Å². The average molecular weight is 305 g/mol. The molecule has 122 valence electrons. The fourth-order valence-corrected chi connectivity index (χ4v) is 2.55. The van der Waals surface area contributed by atoms with Crippen molar-refractivity contribution in [3.05, 3.63) is 36.0 Å². The van der Waals surface area contributed by atoms with Crippen LogP contribution in [0.1, 0.15) is 33.6 Å². The molecule has 1 saturated heterocycles. The van der Waals surface area contributed by atoms with Crippen molar-refractivity contribution in [2.24, 2.45) is 10.7 Å². The number of carbonyl (C=O) groups is 1. The molecule has 2 atom stereocenters. The number of aliphatic hydroxyl groups excluding tert-OH is 1. The predicted octanol–water partition coefficient (Wildman–Crippen LogP) is 1.79. The zero-order valence-electron chi connectivity index (χ0n) is 13.7. The summed E-state index contributed by atoms with van der Waals surface area (Å²) in [6.07, 6.45) is 5.88. The second-order valence-electron chi connectivity index (χ2n) is 5.80. The van der Waals surface area contributed by atoms with Gasteiger partial charge in [0, 0.05) is 19.4 Å². The first kappa shape index (κ1) is 18.2. The number of allylic oxidation sites excluding steroid dienone is 3. The fourth-order valence-electron chi connectivity index (χ4n) is 2.55. The van der Waals surface area contributed by atoms with Crippen LogP contribution >= 0.6 is 0 Å². The highest BCUT2D eigenvalue weighted by Crippen LogP contribution is 2.20. The van der Waals surface area contributed by atoms with Crippen molar-refractivity contribution in [2.45, 2.75) is 45.8 Å². The van der Waals surface area contributed by atoms with Gasteiger partial charge in [-0.15, -0.1) is 0 Å². The smallest absolute Gasteiger partial charge is 0.227 e. The number of amidine groups is 1. The number of rotatable bonds is 6. The van der Waals surface area contributed by atoms with E-state index < -0.39 is 6.10 Å². The summed E-state index contributed by atoms with van der Waals surface area (Å²) >= 11 is 0. The minimum atomic E-state index is -0.546. The van der Waals surface area contributed by atoms with E-state index >= 15 is 0 Å². The van der Waals surface area contributed by atoms with Crippen LogP contribution in [0.5, 0.6) is 0 Å². The van der Waals surface area contributed by atoms with Crippen molar-refractivity contribution in [3.63, 3.8) is 0 Å². The fraction of sp³-hybridized carbons (Fsp3) is 0.529. The lowest BCUT2D eigenvalue weighted by molar-refractivity contribution is -0.130. The van der Waals surface area contributed by atoms with Crippen LogP contribution in [0.2, 0.25) is 0 Å². The molecule has 3 N–H and O–H groups in total. The van der Waals surface area contributed by atoms with Gasteiger partial charge in [-0.3, -0.25) is 9.79 Å². The first-order valence-corrected chi connectivity index (χ1v) is 7.56. The Hall–Kier alpha value is -1.88. The van der Waals surface area contributed by atoms with Crippen LogP contribution in [-0.4, -0.2) is 47.0 Å². The number of carbonyl (C=O) groups excluding carboxylic acids is 1. The largest absolute Gasteiger partial charge is 0.391 e. The number of likely N-dealkylation sites (tertiary alicyclic amines) is 1. The molecule has 0 bridgehead atoms. The van der Waals surface area contributed by atoms with E-state index in [2.05, 4.69) is 11.6 Å². The Kier molecular flexibility index (Phi) is 7.05. The summed E-state index contributed by atoms with van der Waals surface area (Å²) in [5.74, 6) is 0.366. The van der Waals surface area contributed by atoms with Crippen molar-refractivity contribution in [1.82, 2.24) is 4.90 Å². The first-order valence-electron chi connectivity index (χ1n) is 7.56. The summed E-state index contributed by atoms with van der Waals surface area (Å²) in [7, 11) is 0. The summed E-state index contributed by atoms with van der Waals surface area (Å²) in [6.45, 7) is 10.3. The van der Waals surface area contributed by atoms with Crippen LogP contribution in [-0.2, 0) is 4.79 Å².